The molecule has 1 heterocycles. The second-order valence-corrected chi connectivity index (χ2v) is 5.29. The normalized spacial score (nSPS) is 25.0. The lowest BCUT2D eigenvalue weighted by atomic mass is 9.82. The highest BCUT2D eigenvalue weighted by Crippen LogP contribution is 2.33. The Balaban J connectivity index is 2.11. The van der Waals surface area contributed by atoms with Crippen molar-refractivity contribution in [2.24, 2.45) is 5.92 Å². The smallest absolute Gasteiger partial charge is 0.209 e. The number of hydrogen-bond acceptors (Lipinski definition) is 1. The van der Waals surface area contributed by atoms with Crippen molar-refractivity contribution < 1.29 is 4.79 Å². The summed E-state index contributed by atoms with van der Waals surface area (Å²) in [5.41, 5.74) is 1.42. The zero-order valence-electron chi connectivity index (χ0n) is 10.7. The van der Waals surface area contributed by atoms with E-state index < -0.39 is 0 Å². The number of likely N-dealkylation sites (tertiary alicyclic amines) is 1. The van der Waals surface area contributed by atoms with E-state index in [1.807, 2.05) is 4.90 Å². The standard InChI is InChI=1S/C15H21NO/c1-12(2)15-10-14(8-9-16(15)11-17)13-6-4-3-5-7-13/h3-7,11-12,14-15H,8-10H2,1-2H3/t14-,15+/m1/s1. The number of rotatable bonds is 3. The van der Waals surface area contributed by atoms with Gasteiger partial charge in [-0.25, -0.2) is 0 Å². The maximum atomic E-state index is 11.0. The van der Waals surface area contributed by atoms with Gasteiger partial charge in [-0.15, -0.1) is 0 Å². The first kappa shape index (κ1) is 12.2. The third-order valence-corrected chi connectivity index (χ3v) is 3.86. The zero-order chi connectivity index (χ0) is 12.3. The molecule has 0 N–H and O–H groups in total. The van der Waals surface area contributed by atoms with Crippen LogP contribution < -0.4 is 0 Å². The molecule has 1 aliphatic rings. The predicted octanol–water partition coefficient (Wildman–Crippen LogP) is 3.05. The molecule has 1 aromatic rings. The Morgan fingerprint density at radius 2 is 2.00 bits per heavy atom. The van der Waals surface area contributed by atoms with Gasteiger partial charge in [-0.2, -0.15) is 0 Å². The Morgan fingerprint density at radius 3 is 2.59 bits per heavy atom. The number of benzene rings is 1. The van der Waals surface area contributed by atoms with Crippen molar-refractivity contribution in [3.05, 3.63) is 35.9 Å². The van der Waals surface area contributed by atoms with E-state index in [2.05, 4.69) is 44.2 Å². The van der Waals surface area contributed by atoms with Crippen molar-refractivity contribution in [2.75, 3.05) is 6.54 Å². The lowest BCUT2D eigenvalue weighted by Crippen LogP contribution is -2.43. The molecule has 2 heteroatoms. The van der Waals surface area contributed by atoms with Crippen LogP contribution in [0.2, 0.25) is 0 Å². The Bertz CT molecular complexity index is 360. The van der Waals surface area contributed by atoms with E-state index in [-0.39, 0.29) is 0 Å². The number of nitrogens with zero attached hydrogens (tertiary/aromatic N) is 1. The second kappa shape index (κ2) is 5.35. The molecule has 92 valence electrons. The maximum Gasteiger partial charge on any atom is 0.209 e. The van der Waals surface area contributed by atoms with E-state index in [9.17, 15) is 4.79 Å². The third kappa shape index (κ3) is 2.68. The molecule has 0 unspecified atom stereocenters. The van der Waals surface area contributed by atoms with Gasteiger partial charge in [-0.1, -0.05) is 44.2 Å². The Kier molecular flexibility index (Phi) is 3.82. The van der Waals surface area contributed by atoms with Crippen LogP contribution in [0.3, 0.4) is 0 Å². The molecule has 1 aromatic carbocycles. The highest BCUT2D eigenvalue weighted by molar-refractivity contribution is 5.48. The van der Waals surface area contributed by atoms with Gasteiger partial charge >= 0.3 is 0 Å². The van der Waals surface area contributed by atoms with Gasteiger partial charge in [0, 0.05) is 12.6 Å². The van der Waals surface area contributed by atoms with Crippen LogP contribution in [0.15, 0.2) is 30.3 Å². The molecule has 17 heavy (non-hydrogen) atoms. The van der Waals surface area contributed by atoms with Crippen LogP contribution in [-0.4, -0.2) is 23.9 Å². The van der Waals surface area contributed by atoms with E-state index in [1.165, 1.54) is 5.56 Å². The van der Waals surface area contributed by atoms with Crippen LogP contribution >= 0.6 is 0 Å². The number of carbonyl (C=O) groups excluding carboxylic acids is 1. The molecule has 0 aromatic heterocycles. The van der Waals surface area contributed by atoms with Crippen molar-refractivity contribution in [1.29, 1.82) is 0 Å². The van der Waals surface area contributed by atoms with Crippen LogP contribution in [0.4, 0.5) is 0 Å². The number of amides is 1. The minimum atomic E-state index is 0.395. The molecule has 2 nitrogen and oxygen atoms in total. The van der Waals surface area contributed by atoms with E-state index in [0.29, 0.717) is 17.9 Å². The fourth-order valence-corrected chi connectivity index (χ4v) is 2.83. The molecule has 1 fully saturated rings. The van der Waals surface area contributed by atoms with Crippen LogP contribution in [0.25, 0.3) is 0 Å². The molecule has 0 aliphatic carbocycles. The largest absolute Gasteiger partial charge is 0.342 e. The summed E-state index contributed by atoms with van der Waals surface area (Å²) in [5.74, 6) is 1.14. The molecule has 1 amide bonds. The second-order valence-electron chi connectivity index (χ2n) is 5.29. The van der Waals surface area contributed by atoms with E-state index in [1.54, 1.807) is 0 Å². The van der Waals surface area contributed by atoms with Gasteiger partial charge < -0.3 is 4.90 Å². The summed E-state index contributed by atoms with van der Waals surface area (Å²) >= 11 is 0. The summed E-state index contributed by atoms with van der Waals surface area (Å²) in [6.07, 6.45) is 3.21. The summed E-state index contributed by atoms with van der Waals surface area (Å²) in [7, 11) is 0. The van der Waals surface area contributed by atoms with Crippen LogP contribution in [0.5, 0.6) is 0 Å². The minimum absolute atomic E-state index is 0.395. The Morgan fingerprint density at radius 1 is 1.29 bits per heavy atom. The lowest BCUT2D eigenvalue weighted by Gasteiger charge is -2.39. The SMILES string of the molecule is CC(C)[C@@H]1C[C@H](c2ccccc2)CCN1C=O. The topological polar surface area (TPSA) is 20.3 Å². The molecular weight excluding hydrogens is 210 g/mol. The van der Waals surface area contributed by atoms with Crippen molar-refractivity contribution in [2.45, 2.75) is 38.6 Å². The van der Waals surface area contributed by atoms with Crippen molar-refractivity contribution in [1.82, 2.24) is 4.90 Å². The van der Waals surface area contributed by atoms with Gasteiger partial charge in [0.2, 0.25) is 6.41 Å². The van der Waals surface area contributed by atoms with E-state index in [0.717, 1.165) is 25.8 Å². The van der Waals surface area contributed by atoms with Crippen molar-refractivity contribution >= 4 is 6.41 Å². The fourth-order valence-electron chi connectivity index (χ4n) is 2.83. The first-order chi connectivity index (χ1) is 8.22. The van der Waals surface area contributed by atoms with Gasteiger partial charge in [0.05, 0.1) is 0 Å². The first-order valence-corrected chi connectivity index (χ1v) is 6.48. The molecule has 1 saturated heterocycles. The molecular formula is C15H21NO. The summed E-state index contributed by atoms with van der Waals surface area (Å²) < 4.78 is 0. The first-order valence-electron chi connectivity index (χ1n) is 6.48. The van der Waals surface area contributed by atoms with Gasteiger partial charge in [0.15, 0.2) is 0 Å². The molecule has 0 bridgehead atoms. The molecule has 2 atom stereocenters. The summed E-state index contributed by atoms with van der Waals surface area (Å²) in [6, 6.07) is 11.1. The highest BCUT2D eigenvalue weighted by atomic mass is 16.1. The average molecular weight is 231 g/mol. The van der Waals surface area contributed by atoms with E-state index >= 15 is 0 Å². The number of carbonyl (C=O) groups is 1. The fraction of sp³-hybridized carbons (Fsp3) is 0.533. The van der Waals surface area contributed by atoms with Crippen molar-refractivity contribution in [3.63, 3.8) is 0 Å². The third-order valence-electron chi connectivity index (χ3n) is 3.86. The van der Waals surface area contributed by atoms with E-state index in [4.69, 9.17) is 0 Å². The van der Waals surface area contributed by atoms with Crippen molar-refractivity contribution in [3.8, 4) is 0 Å². The van der Waals surface area contributed by atoms with Gasteiger partial charge in [0.1, 0.15) is 0 Å². The Labute approximate surface area is 104 Å². The quantitative estimate of drug-likeness (QED) is 0.732. The lowest BCUT2D eigenvalue weighted by molar-refractivity contribution is -0.122. The average Bonchev–Trinajstić information content (AvgIpc) is 2.39. The van der Waals surface area contributed by atoms with Gasteiger partial charge in [0.25, 0.3) is 0 Å². The molecule has 1 aliphatic heterocycles. The number of piperidine rings is 1. The number of hydrogen-bond donors (Lipinski definition) is 0. The van der Waals surface area contributed by atoms with Crippen LogP contribution in [-0.2, 0) is 4.79 Å². The predicted molar refractivity (Wildman–Crippen MR) is 69.8 cm³/mol. The molecule has 2 rings (SSSR count). The zero-order valence-corrected chi connectivity index (χ0v) is 10.7. The molecule has 0 radical (unpaired) electrons. The van der Waals surface area contributed by atoms with Gasteiger partial charge in [-0.3, -0.25) is 4.79 Å². The molecule has 0 saturated carbocycles. The monoisotopic (exact) mass is 231 g/mol. The molecule has 0 spiro atoms. The Hall–Kier alpha value is -1.31. The van der Waals surface area contributed by atoms with Crippen LogP contribution in [0.1, 0.15) is 38.2 Å². The van der Waals surface area contributed by atoms with Crippen LogP contribution in [0, 0.1) is 5.92 Å². The summed E-state index contributed by atoms with van der Waals surface area (Å²) in [6.45, 7) is 5.30. The minimum Gasteiger partial charge on any atom is -0.342 e. The maximum absolute atomic E-state index is 11.0. The van der Waals surface area contributed by atoms with Gasteiger partial charge in [-0.05, 0) is 30.2 Å². The highest BCUT2D eigenvalue weighted by Gasteiger charge is 2.30. The summed E-state index contributed by atoms with van der Waals surface area (Å²) in [5, 5.41) is 0. The summed E-state index contributed by atoms with van der Waals surface area (Å²) in [4.78, 5) is 13.0.